The lowest BCUT2D eigenvalue weighted by atomic mass is 10.1. The maximum absolute atomic E-state index is 5.28. The summed E-state index contributed by atoms with van der Waals surface area (Å²) >= 11 is 0. The largest absolute Gasteiger partial charge is 0.359 e. The van der Waals surface area contributed by atoms with Crippen molar-refractivity contribution in [1.29, 1.82) is 0 Å². The molecule has 1 aromatic heterocycles. The van der Waals surface area contributed by atoms with Crippen molar-refractivity contribution >= 4 is 29.9 Å². The molecule has 0 radical (unpaired) electrons. The van der Waals surface area contributed by atoms with Gasteiger partial charge in [0.05, 0.1) is 12.2 Å². The molecule has 0 bridgehead atoms. The Morgan fingerprint density at radius 2 is 1.78 bits per heavy atom. The molecule has 2 aromatic rings. The van der Waals surface area contributed by atoms with Gasteiger partial charge in [0.25, 0.3) is 0 Å². The number of guanidine groups is 1. The highest BCUT2D eigenvalue weighted by Gasteiger charge is 2.11. The summed E-state index contributed by atoms with van der Waals surface area (Å²) in [5.74, 6) is 1.57. The molecule has 0 amide bonds. The van der Waals surface area contributed by atoms with E-state index in [1.54, 1.807) is 7.05 Å². The fraction of sp³-hybridized carbons (Fsp3) is 0.500. The molecule has 1 fully saturated rings. The van der Waals surface area contributed by atoms with Crippen LogP contribution in [-0.4, -0.2) is 36.2 Å². The summed E-state index contributed by atoms with van der Waals surface area (Å²) < 4.78 is 5.28. The van der Waals surface area contributed by atoms with Gasteiger partial charge in [0.2, 0.25) is 0 Å². The van der Waals surface area contributed by atoms with Gasteiger partial charge >= 0.3 is 0 Å². The molecule has 1 saturated heterocycles. The third-order valence-electron chi connectivity index (χ3n) is 4.71. The first-order valence-corrected chi connectivity index (χ1v) is 9.46. The number of hydrogen-bond donors (Lipinski definition) is 2. The van der Waals surface area contributed by atoms with Crippen LogP contribution in [0.25, 0.3) is 0 Å². The second-order valence-electron chi connectivity index (χ2n) is 6.72. The molecule has 0 saturated carbocycles. The van der Waals surface area contributed by atoms with Gasteiger partial charge in [0.15, 0.2) is 11.7 Å². The van der Waals surface area contributed by atoms with E-state index in [0.29, 0.717) is 6.54 Å². The molecule has 27 heavy (non-hydrogen) atoms. The molecule has 2 N–H and O–H groups in total. The van der Waals surface area contributed by atoms with Gasteiger partial charge in [-0.2, -0.15) is 0 Å². The van der Waals surface area contributed by atoms with E-state index in [2.05, 4.69) is 56.9 Å². The zero-order valence-electron chi connectivity index (χ0n) is 16.2. The number of aryl methyl sites for hydroxylation is 1. The summed E-state index contributed by atoms with van der Waals surface area (Å²) in [6.07, 6.45) is 3.55. The highest BCUT2D eigenvalue weighted by molar-refractivity contribution is 14.0. The van der Waals surface area contributed by atoms with Gasteiger partial charge in [-0.15, -0.1) is 24.0 Å². The number of rotatable bonds is 7. The average molecular weight is 483 g/mol. The van der Waals surface area contributed by atoms with Crippen LogP contribution in [0.5, 0.6) is 0 Å². The van der Waals surface area contributed by atoms with Crippen LogP contribution in [0, 0.1) is 0 Å². The Kier molecular flexibility index (Phi) is 9.06. The first kappa shape index (κ1) is 21.7. The Balaban J connectivity index is 0.00000261. The fourth-order valence-electron chi connectivity index (χ4n) is 3.14. The van der Waals surface area contributed by atoms with E-state index in [1.165, 1.54) is 37.1 Å². The van der Waals surface area contributed by atoms with Crippen molar-refractivity contribution in [3.05, 3.63) is 52.9 Å². The van der Waals surface area contributed by atoms with E-state index in [-0.39, 0.29) is 24.0 Å². The molecule has 7 heteroatoms. The number of aromatic nitrogens is 1. The third-order valence-corrected chi connectivity index (χ3v) is 4.71. The second-order valence-corrected chi connectivity index (χ2v) is 6.72. The lowest BCUT2D eigenvalue weighted by Crippen LogP contribution is -2.36. The van der Waals surface area contributed by atoms with Crippen LogP contribution in [0.4, 0.5) is 0 Å². The molecule has 0 atom stereocenters. The van der Waals surface area contributed by atoms with E-state index < -0.39 is 0 Å². The minimum absolute atomic E-state index is 0. The van der Waals surface area contributed by atoms with Crippen LogP contribution >= 0.6 is 24.0 Å². The monoisotopic (exact) mass is 483 g/mol. The van der Waals surface area contributed by atoms with Crippen molar-refractivity contribution < 1.29 is 4.52 Å². The van der Waals surface area contributed by atoms with E-state index >= 15 is 0 Å². The standard InChI is InChI=1S/C20H29N5O.HI/c1-3-18-12-19(26-24-18)14-23-20(21-2)22-13-16-6-8-17(9-7-16)15-25-10-4-5-11-25;/h6-9,12H,3-5,10-11,13-15H2,1-2H3,(H2,21,22,23);1H. The minimum atomic E-state index is 0. The molecule has 1 aromatic carbocycles. The summed E-state index contributed by atoms with van der Waals surface area (Å²) in [5, 5.41) is 10.6. The number of likely N-dealkylation sites (tertiary alicyclic amines) is 1. The molecule has 2 heterocycles. The molecular weight excluding hydrogens is 453 g/mol. The van der Waals surface area contributed by atoms with E-state index in [9.17, 15) is 0 Å². The molecule has 0 aliphatic carbocycles. The lowest BCUT2D eigenvalue weighted by Gasteiger charge is -2.15. The maximum atomic E-state index is 5.28. The quantitative estimate of drug-likeness (QED) is 0.360. The fourth-order valence-corrected chi connectivity index (χ4v) is 3.14. The first-order valence-electron chi connectivity index (χ1n) is 9.46. The van der Waals surface area contributed by atoms with Crippen LogP contribution < -0.4 is 10.6 Å². The predicted molar refractivity (Wildman–Crippen MR) is 119 cm³/mol. The number of nitrogens with one attached hydrogen (secondary N) is 2. The SMILES string of the molecule is CCc1cc(CNC(=NC)NCc2ccc(CN3CCCC3)cc2)on1.I. The van der Waals surface area contributed by atoms with Gasteiger partial charge in [0, 0.05) is 26.2 Å². The molecule has 148 valence electrons. The number of hydrogen-bond acceptors (Lipinski definition) is 4. The predicted octanol–water partition coefficient (Wildman–Crippen LogP) is 3.32. The lowest BCUT2D eigenvalue weighted by molar-refractivity contribution is 0.331. The molecule has 3 rings (SSSR count). The van der Waals surface area contributed by atoms with Crippen LogP contribution in [0.1, 0.15) is 42.3 Å². The summed E-state index contributed by atoms with van der Waals surface area (Å²) in [5.41, 5.74) is 3.60. The van der Waals surface area contributed by atoms with Gasteiger partial charge < -0.3 is 15.2 Å². The van der Waals surface area contributed by atoms with Crippen molar-refractivity contribution in [2.24, 2.45) is 4.99 Å². The van der Waals surface area contributed by atoms with Crippen LogP contribution in [-0.2, 0) is 26.1 Å². The molecule has 0 spiro atoms. The van der Waals surface area contributed by atoms with Gasteiger partial charge in [-0.05, 0) is 43.5 Å². The number of aliphatic imine (C=N–C) groups is 1. The van der Waals surface area contributed by atoms with Crippen molar-refractivity contribution in [3.63, 3.8) is 0 Å². The number of nitrogens with zero attached hydrogens (tertiary/aromatic N) is 3. The van der Waals surface area contributed by atoms with Crippen LogP contribution in [0.3, 0.4) is 0 Å². The molecule has 6 nitrogen and oxygen atoms in total. The van der Waals surface area contributed by atoms with Crippen molar-refractivity contribution in [1.82, 2.24) is 20.7 Å². The normalized spacial score (nSPS) is 14.8. The Bertz CT molecular complexity index is 707. The number of halogens is 1. The van der Waals surface area contributed by atoms with E-state index in [0.717, 1.165) is 36.9 Å². The van der Waals surface area contributed by atoms with Crippen molar-refractivity contribution in [3.8, 4) is 0 Å². The third kappa shape index (κ3) is 6.80. The van der Waals surface area contributed by atoms with E-state index in [1.807, 2.05) is 6.07 Å². The molecule has 0 unspecified atom stereocenters. The molecule has 1 aliphatic rings. The number of benzene rings is 1. The van der Waals surface area contributed by atoms with Gasteiger partial charge in [-0.3, -0.25) is 9.89 Å². The highest BCUT2D eigenvalue weighted by Crippen LogP contribution is 2.13. The van der Waals surface area contributed by atoms with Crippen LogP contribution in [0.15, 0.2) is 39.8 Å². The highest BCUT2D eigenvalue weighted by atomic mass is 127. The molecular formula is C20H30IN5O. The van der Waals surface area contributed by atoms with Crippen molar-refractivity contribution in [2.45, 2.75) is 45.8 Å². The summed E-state index contributed by atoms with van der Waals surface area (Å²) in [6.45, 7) is 6.90. The smallest absolute Gasteiger partial charge is 0.191 e. The Morgan fingerprint density at radius 1 is 1.11 bits per heavy atom. The maximum Gasteiger partial charge on any atom is 0.191 e. The first-order chi connectivity index (χ1) is 12.8. The van der Waals surface area contributed by atoms with Gasteiger partial charge in [0.1, 0.15) is 0 Å². The zero-order chi connectivity index (χ0) is 18.2. The topological polar surface area (TPSA) is 65.7 Å². The average Bonchev–Trinajstić information content (AvgIpc) is 3.35. The van der Waals surface area contributed by atoms with Crippen molar-refractivity contribution in [2.75, 3.05) is 20.1 Å². The Labute approximate surface area is 178 Å². The van der Waals surface area contributed by atoms with Gasteiger partial charge in [-0.1, -0.05) is 36.3 Å². The Morgan fingerprint density at radius 3 is 2.41 bits per heavy atom. The van der Waals surface area contributed by atoms with Gasteiger partial charge in [-0.25, -0.2) is 0 Å². The minimum Gasteiger partial charge on any atom is -0.359 e. The summed E-state index contributed by atoms with van der Waals surface area (Å²) in [4.78, 5) is 6.78. The van der Waals surface area contributed by atoms with Crippen LogP contribution in [0.2, 0.25) is 0 Å². The summed E-state index contributed by atoms with van der Waals surface area (Å²) in [7, 11) is 1.77. The Hall–Kier alpha value is -1.61. The van der Waals surface area contributed by atoms with E-state index in [4.69, 9.17) is 4.52 Å². The molecule has 1 aliphatic heterocycles. The zero-order valence-corrected chi connectivity index (χ0v) is 18.5. The second kappa shape index (κ2) is 11.3. The summed E-state index contributed by atoms with van der Waals surface area (Å²) in [6, 6.07) is 10.8.